The molecule has 0 saturated carbocycles. The van der Waals surface area contributed by atoms with Gasteiger partial charge in [0.1, 0.15) is 6.29 Å². The summed E-state index contributed by atoms with van der Waals surface area (Å²) >= 11 is 0. The number of rotatable bonds is 13. The van der Waals surface area contributed by atoms with Crippen LogP contribution in [0.3, 0.4) is 0 Å². The number of hydrogen-bond donors (Lipinski definition) is 2. The Balaban J connectivity index is -0.000000409. The van der Waals surface area contributed by atoms with Gasteiger partial charge in [0.2, 0.25) is 0 Å². The molecule has 33 heavy (non-hydrogen) atoms. The molecular formula is C30H54O3. The molecule has 0 aromatic heterocycles. The number of allylic oxidation sites excluding steroid dienone is 8. The van der Waals surface area contributed by atoms with Gasteiger partial charge in [0.25, 0.3) is 0 Å². The van der Waals surface area contributed by atoms with E-state index in [1.807, 2.05) is 12.2 Å². The van der Waals surface area contributed by atoms with Crippen LogP contribution in [0.15, 0.2) is 58.2 Å². The number of hydrogen-bond acceptors (Lipinski definition) is 3. The van der Waals surface area contributed by atoms with E-state index in [0.29, 0.717) is 12.3 Å². The highest BCUT2D eigenvalue weighted by Gasteiger charge is 1.98. The second-order valence-corrected chi connectivity index (χ2v) is 9.47. The number of carbonyl (C=O) groups is 1. The molecule has 0 aliphatic rings. The maximum atomic E-state index is 10.1. The lowest BCUT2D eigenvalue weighted by Crippen LogP contribution is -1.93. The number of aliphatic hydroxyl groups excluding tert-OH is 2. The molecule has 0 aliphatic carbocycles. The van der Waals surface area contributed by atoms with Gasteiger partial charge in [0, 0.05) is 6.42 Å². The predicted octanol–water partition coefficient (Wildman–Crippen LogP) is 8.30. The SMILES string of the molecule is CC(C)=CCC/C(C)=C/CO.CC(C)=CCC/C(C)=C\CO.CC(C)=CCCC(C)CC=O. The minimum Gasteiger partial charge on any atom is -0.392 e. The highest BCUT2D eigenvalue weighted by molar-refractivity contribution is 5.49. The lowest BCUT2D eigenvalue weighted by Gasteiger charge is -2.03. The van der Waals surface area contributed by atoms with E-state index in [1.54, 1.807) is 0 Å². The summed E-state index contributed by atoms with van der Waals surface area (Å²) < 4.78 is 0. The molecule has 0 aromatic carbocycles. The van der Waals surface area contributed by atoms with Gasteiger partial charge in [-0.2, -0.15) is 0 Å². The molecule has 0 rings (SSSR count). The largest absolute Gasteiger partial charge is 0.392 e. The molecule has 0 bridgehead atoms. The molecule has 0 spiro atoms. The Morgan fingerprint density at radius 1 is 0.636 bits per heavy atom. The van der Waals surface area contributed by atoms with Gasteiger partial charge in [-0.15, -0.1) is 0 Å². The molecule has 0 radical (unpaired) electrons. The van der Waals surface area contributed by atoms with Crippen LogP contribution in [0.25, 0.3) is 0 Å². The van der Waals surface area contributed by atoms with E-state index < -0.39 is 0 Å². The smallest absolute Gasteiger partial charge is 0.120 e. The zero-order valence-corrected chi connectivity index (χ0v) is 23.2. The summed E-state index contributed by atoms with van der Waals surface area (Å²) in [6, 6.07) is 0. The summed E-state index contributed by atoms with van der Waals surface area (Å²) in [6.07, 6.45) is 18.6. The molecule has 3 nitrogen and oxygen atoms in total. The van der Waals surface area contributed by atoms with Crippen molar-refractivity contribution in [1.29, 1.82) is 0 Å². The first-order valence-corrected chi connectivity index (χ1v) is 12.4. The van der Waals surface area contributed by atoms with Crippen molar-refractivity contribution in [3.8, 4) is 0 Å². The molecule has 0 saturated heterocycles. The van der Waals surface area contributed by atoms with E-state index >= 15 is 0 Å². The van der Waals surface area contributed by atoms with E-state index in [4.69, 9.17) is 10.2 Å². The van der Waals surface area contributed by atoms with Crippen LogP contribution in [0.1, 0.15) is 107 Å². The normalized spacial score (nSPS) is 11.7. The third-order valence-corrected chi connectivity index (χ3v) is 4.77. The van der Waals surface area contributed by atoms with Crippen LogP contribution in [-0.4, -0.2) is 29.7 Å². The summed E-state index contributed by atoms with van der Waals surface area (Å²) in [5.74, 6) is 0.545. The second-order valence-electron chi connectivity index (χ2n) is 9.47. The van der Waals surface area contributed by atoms with Gasteiger partial charge in [-0.1, -0.05) is 65.2 Å². The highest BCUT2D eigenvalue weighted by Crippen LogP contribution is 2.10. The van der Waals surface area contributed by atoms with Crippen molar-refractivity contribution >= 4 is 6.29 Å². The first-order chi connectivity index (χ1) is 15.5. The molecule has 1 atom stereocenters. The van der Waals surface area contributed by atoms with Crippen molar-refractivity contribution in [3.63, 3.8) is 0 Å². The molecule has 0 aliphatic heterocycles. The average Bonchev–Trinajstić information content (AvgIpc) is 2.69. The Kier molecular flexibility index (Phi) is 28.9. The Morgan fingerprint density at radius 3 is 1.30 bits per heavy atom. The van der Waals surface area contributed by atoms with Crippen LogP contribution >= 0.6 is 0 Å². The van der Waals surface area contributed by atoms with Gasteiger partial charge in [0.05, 0.1) is 13.2 Å². The zero-order valence-electron chi connectivity index (χ0n) is 23.2. The molecule has 1 unspecified atom stereocenters. The van der Waals surface area contributed by atoms with Crippen LogP contribution < -0.4 is 0 Å². The van der Waals surface area contributed by atoms with Crippen LogP contribution in [0.4, 0.5) is 0 Å². The van der Waals surface area contributed by atoms with Crippen molar-refractivity contribution in [2.24, 2.45) is 5.92 Å². The average molecular weight is 463 g/mol. The lowest BCUT2D eigenvalue weighted by atomic mass is 10.0. The second kappa shape index (κ2) is 26.5. The van der Waals surface area contributed by atoms with Gasteiger partial charge in [-0.25, -0.2) is 0 Å². The van der Waals surface area contributed by atoms with Crippen LogP contribution in [-0.2, 0) is 4.79 Å². The molecule has 192 valence electrons. The summed E-state index contributed by atoms with van der Waals surface area (Å²) in [7, 11) is 0. The van der Waals surface area contributed by atoms with Crippen molar-refractivity contribution in [2.75, 3.05) is 13.2 Å². The predicted molar refractivity (Wildman–Crippen MR) is 148 cm³/mol. The zero-order chi connectivity index (χ0) is 26.1. The number of aldehydes is 1. The highest BCUT2D eigenvalue weighted by atomic mass is 16.3. The minimum absolute atomic E-state index is 0.167. The molecular weight excluding hydrogens is 408 g/mol. The van der Waals surface area contributed by atoms with E-state index in [1.165, 1.54) is 27.9 Å². The topological polar surface area (TPSA) is 57.5 Å². The molecule has 2 N–H and O–H groups in total. The monoisotopic (exact) mass is 462 g/mol. The van der Waals surface area contributed by atoms with Crippen molar-refractivity contribution in [1.82, 2.24) is 0 Å². The van der Waals surface area contributed by atoms with Gasteiger partial charge in [-0.05, 0) is 99.8 Å². The Morgan fingerprint density at radius 2 is 1.00 bits per heavy atom. The molecule has 0 aromatic rings. The number of aliphatic hydroxyl groups is 2. The van der Waals surface area contributed by atoms with E-state index in [2.05, 4.69) is 80.5 Å². The van der Waals surface area contributed by atoms with Crippen molar-refractivity contribution < 1.29 is 15.0 Å². The van der Waals surface area contributed by atoms with E-state index in [0.717, 1.165) is 44.8 Å². The van der Waals surface area contributed by atoms with Crippen molar-refractivity contribution in [3.05, 3.63) is 58.2 Å². The van der Waals surface area contributed by atoms with Gasteiger partial charge >= 0.3 is 0 Å². The minimum atomic E-state index is 0.167. The van der Waals surface area contributed by atoms with Gasteiger partial charge in [0.15, 0.2) is 0 Å². The fraction of sp³-hybridized carbons (Fsp3) is 0.633. The first-order valence-electron chi connectivity index (χ1n) is 12.4. The Labute approximate surface area is 206 Å². The standard InChI is InChI=1S/3C10H18O/c3*1-9(2)5-4-6-10(3)7-8-11/h5,8,10H,4,6-7H2,1-3H3;2*5,7,11H,4,6,8H2,1-3H3/b;10-7+;10-7-. The van der Waals surface area contributed by atoms with E-state index in [-0.39, 0.29) is 13.2 Å². The van der Waals surface area contributed by atoms with Gasteiger partial charge in [-0.3, -0.25) is 0 Å². The maximum Gasteiger partial charge on any atom is 0.120 e. The third-order valence-electron chi connectivity index (χ3n) is 4.77. The molecule has 0 heterocycles. The fourth-order valence-electron chi connectivity index (χ4n) is 2.63. The molecule has 0 amide bonds. The van der Waals surface area contributed by atoms with Crippen LogP contribution in [0.5, 0.6) is 0 Å². The lowest BCUT2D eigenvalue weighted by molar-refractivity contribution is -0.108. The molecule has 0 fully saturated rings. The summed E-state index contributed by atoms with van der Waals surface area (Å²) in [5.41, 5.74) is 6.63. The number of carbonyl (C=O) groups excluding carboxylic acids is 1. The van der Waals surface area contributed by atoms with Crippen LogP contribution in [0.2, 0.25) is 0 Å². The van der Waals surface area contributed by atoms with Crippen LogP contribution in [0, 0.1) is 5.92 Å². The fourth-order valence-corrected chi connectivity index (χ4v) is 2.63. The molecule has 3 heteroatoms. The Bertz CT molecular complexity index is 568. The first kappa shape index (κ1) is 35.9. The summed E-state index contributed by atoms with van der Waals surface area (Å²) in [5, 5.41) is 17.1. The third kappa shape index (κ3) is 37.9. The maximum absolute atomic E-state index is 10.1. The summed E-state index contributed by atoms with van der Waals surface area (Å²) in [4.78, 5) is 10.1. The van der Waals surface area contributed by atoms with Gasteiger partial charge < -0.3 is 15.0 Å². The van der Waals surface area contributed by atoms with E-state index in [9.17, 15) is 4.79 Å². The summed E-state index contributed by atoms with van der Waals surface area (Å²) in [6.45, 7) is 19.2. The Hall–Kier alpha value is -1.71. The quantitative estimate of drug-likeness (QED) is 0.214. The van der Waals surface area contributed by atoms with Crippen molar-refractivity contribution in [2.45, 2.75) is 107 Å².